The van der Waals surface area contributed by atoms with Crippen LogP contribution in [-0.2, 0) is 0 Å². The molecule has 3 aromatic rings. The van der Waals surface area contributed by atoms with Gasteiger partial charge in [0.2, 0.25) is 5.88 Å². The monoisotopic (exact) mass is 259 g/mol. The SMILES string of the molecule is COc1ccc(-c2ncc3nc(N)sc3n2)cn1. The van der Waals surface area contributed by atoms with E-state index in [0.29, 0.717) is 22.4 Å². The number of hydrogen-bond acceptors (Lipinski definition) is 7. The lowest BCUT2D eigenvalue weighted by molar-refractivity contribution is 0.398. The lowest BCUT2D eigenvalue weighted by Gasteiger charge is -2.00. The topological polar surface area (TPSA) is 86.8 Å². The van der Waals surface area contributed by atoms with E-state index in [1.165, 1.54) is 11.3 Å². The normalized spacial score (nSPS) is 10.7. The number of methoxy groups -OCH3 is 1. The molecule has 0 aromatic carbocycles. The van der Waals surface area contributed by atoms with Gasteiger partial charge in [-0.05, 0) is 6.07 Å². The Kier molecular flexibility index (Phi) is 2.52. The van der Waals surface area contributed by atoms with E-state index in [2.05, 4.69) is 19.9 Å². The second-order valence-electron chi connectivity index (χ2n) is 3.53. The number of nitrogens with two attached hydrogens (primary N) is 1. The molecule has 0 aliphatic carbocycles. The molecule has 0 saturated heterocycles. The number of anilines is 1. The Labute approximate surface area is 107 Å². The van der Waals surface area contributed by atoms with Gasteiger partial charge in [-0.3, -0.25) is 0 Å². The predicted molar refractivity (Wildman–Crippen MR) is 69.4 cm³/mol. The summed E-state index contributed by atoms with van der Waals surface area (Å²) in [5, 5.41) is 0.490. The van der Waals surface area contributed by atoms with E-state index < -0.39 is 0 Å². The lowest BCUT2D eigenvalue weighted by atomic mass is 10.2. The second-order valence-corrected chi connectivity index (χ2v) is 4.53. The Morgan fingerprint density at radius 1 is 1.17 bits per heavy atom. The fourth-order valence-corrected chi connectivity index (χ4v) is 2.20. The van der Waals surface area contributed by atoms with Crippen LogP contribution in [0.3, 0.4) is 0 Å². The molecular weight excluding hydrogens is 250 g/mol. The maximum absolute atomic E-state index is 5.63. The maximum atomic E-state index is 5.63. The molecule has 7 heteroatoms. The number of aromatic nitrogens is 4. The van der Waals surface area contributed by atoms with Crippen LogP contribution in [0.5, 0.6) is 5.88 Å². The minimum Gasteiger partial charge on any atom is -0.481 e. The van der Waals surface area contributed by atoms with E-state index in [-0.39, 0.29) is 0 Å². The smallest absolute Gasteiger partial charge is 0.212 e. The Morgan fingerprint density at radius 3 is 2.78 bits per heavy atom. The zero-order valence-corrected chi connectivity index (χ0v) is 10.3. The first-order chi connectivity index (χ1) is 8.76. The van der Waals surface area contributed by atoms with Crippen molar-refractivity contribution in [2.75, 3.05) is 12.8 Å². The van der Waals surface area contributed by atoms with E-state index in [0.717, 1.165) is 10.4 Å². The van der Waals surface area contributed by atoms with Gasteiger partial charge < -0.3 is 10.5 Å². The Bertz CT molecular complexity index is 694. The van der Waals surface area contributed by atoms with Gasteiger partial charge in [-0.15, -0.1) is 0 Å². The minimum atomic E-state index is 0.490. The van der Waals surface area contributed by atoms with Crippen molar-refractivity contribution in [3.63, 3.8) is 0 Å². The average Bonchev–Trinajstić information content (AvgIpc) is 2.78. The molecule has 0 radical (unpaired) electrons. The van der Waals surface area contributed by atoms with E-state index in [1.54, 1.807) is 25.6 Å². The van der Waals surface area contributed by atoms with Gasteiger partial charge in [-0.25, -0.2) is 19.9 Å². The van der Waals surface area contributed by atoms with E-state index in [1.807, 2.05) is 6.07 Å². The van der Waals surface area contributed by atoms with Crippen LogP contribution >= 0.6 is 11.3 Å². The van der Waals surface area contributed by atoms with Crippen molar-refractivity contribution in [3.05, 3.63) is 24.5 Å². The summed E-state index contributed by atoms with van der Waals surface area (Å²) >= 11 is 1.34. The number of fused-ring (bicyclic) bond motifs is 1. The molecule has 0 aliphatic rings. The molecule has 0 bridgehead atoms. The number of hydrogen-bond donors (Lipinski definition) is 1. The fraction of sp³-hybridized carbons (Fsp3) is 0.0909. The summed E-state index contributed by atoms with van der Waals surface area (Å²) in [6.07, 6.45) is 3.33. The van der Waals surface area contributed by atoms with Gasteiger partial charge in [0.1, 0.15) is 10.3 Å². The maximum Gasteiger partial charge on any atom is 0.212 e. The quantitative estimate of drug-likeness (QED) is 0.754. The molecule has 0 aliphatic heterocycles. The first kappa shape index (κ1) is 10.8. The van der Waals surface area contributed by atoms with Crippen LogP contribution in [0, 0.1) is 0 Å². The number of nitrogen functional groups attached to an aromatic ring is 1. The number of pyridine rings is 1. The number of ether oxygens (including phenoxy) is 1. The third-order valence-corrected chi connectivity index (χ3v) is 3.17. The Morgan fingerprint density at radius 2 is 2.06 bits per heavy atom. The van der Waals surface area contributed by atoms with Gasteiger partial charge >= 0.3 is 0 Å². The zero-order valence-electron chi connectivity index (χ0n) is 9.49. The summed E-state index contributed by atoms with van der Waals surface area (Å²) in [6.45, 7) is 0. The van der Waals surface area contributed by atoms with Crippen LogP contribution in [0.15, 0.2) is 24.5 Å². The van der Waals surface area contributed by atoms with Gasteiger partial charge in [0, 0.05) is 17.8 Å². The molecule has 3 rings (SSSR count). The molecule has 0 amide bonds. The van der Waals surface area contributed by atoms with Crippen LogP contribution in [-0.4, -0.2) is 27.0 Å². The highest BCUT2D eigenvalue weighted by Crippen LogP contribution is 2.24. The van der Waals surface area contributed by atoms with Crippen molar-refractivity contribution in [1.82, 2.24) is 19.9 Å². The lowest BCUT2D eigenvalue weighted by Crippen LogP contribution is -1.91. The van der Waals surface area contributed by atoms with Crippen molar-refractivity contribution < 1.29 is 4.74 Å². The van der Waals surface area contributed by atoms with Crippen molar-refractivity contribution in [2.24, 2.45) is 0 Å². The summed E-state index contributed by atoms with van der Waals surface area (Å²) in [6, 6.07) is 3.63. The molecule has 0 unspecified atom stereocenters. The third kappa shape index (κ3) is 1.84. The van der Waals surface area contributed by atoms with Crippen LogP contribution in [0.2, 0.25) is 0 Å². The Balaban J connectivity index is 2.06. The molecular formula is C11H9N5OS. The van der Waals surface area contributed by atoms with E-state index >= 15 is 0 Å². The van der Waals surface area contributed by atoms with Gasteiger partial charge in [0.15, 0.2) is 11.0 Å². The van der Waals surface area contributed by atoms with Crippen molar-refractivity contribution >= 4 is 26.8 Å². The highest BCUT2D eigenvalue weighted by atomic mass is 32.1. The molecule has 0 fully saturated rings. The van der Waals surface area contributed by atoms with E-state index in [9.17, 15) is 0 Å². The summed E-state index contributed by atoms with van der Waals surface area (Å²) in [5.74, 6) is 1.16. The number of nitrogens with zero attached hydrogens (tertiary/aromatic N) is 4. The molecule has 18 heavy (non-hydrogen) atoms. The first-order valence-electron chi connectivity index (χ1n) is 5.16. The molecule has 0 saturated carbocycles. The average molecular weight is 259 g/mol. The summed E-state index contributed by atoms with van der Waals surface area (Å²) in [4.78, 5) is 17.7. The summed E-state index contributed by atoms with van der Waals surface area (Å²) in [5.41, 5.74) is 7.16. The molecule has 0 spiro atoms. The summed E-state index contributed by atoms with van der Waals surface area (Å²) in [7, 11) is 1.57. The van der Waals surface area contributed by atoms with Crippen LogP contribution in [0.4, 0.5) is 5.13 Å². The standard InChI is InChI=1S/C11H9N5OS/c1-17-8-3-2-6(4-13-8)9-14-5-7-10(16-9)18-11(12)15-7/h2-5H,1H3,(H2,12,15). The molecule has 2 N–H and O–H groups in total. The predicted octanol–water partition coefficient (Wildman–Crippen LogP) is 1.74. The van der Waals surface area contributed by atoms with Crippen LogP contribution < -0.4 is 10.5 Å². The van der Waals surface area contributed by atoms with Gasteiger partial charge in [0.05, 0.1) is 13.3 Å². The van der Waals surface area contributed by atoms with Gasteiger partial charge in [-0.2, -0.15) is 0 Å². The Hall–Kier alpha value is -2.28. The number of rotatable bonds is 2. The highest BCUT2D eigenvalue weighted by Gasteiger charge is 2.07. The van der Waals surface area contributed by atoms with Crippen molar-refractivity contribution in [1.29, 1.82) is 0 Å². The zero-order chi connectivity index (χ0) is 12.5. The highest BCUT2D eigenvalue weighted by molar-refractivity contribution is 7.21. The van der Waals surface area contributed by atoms with Crippen molar-refractivity contribution in [2.45, 2.75) is 0 Å². The number of thiazole rings is 1. The molecule has 3 heterocycles. The van der Waals surface area contributed by atoms with E-state index in [4.69, 9.17) is 10.5 Å². The largest absolute Gasteiger partial charge is 0.481 e. The minimum absolute atomic E-state index is 0.490. The fourth-order valence-electron chi connectivity index (χ4n) is 1.52. The molecule has 0 atom stereocenters. The van der Waals surface area contributed by atoms with Crippen LogP contribution in [0.1, 0.15) is 0 Å². The van der Waals surface area contributed by atoms with Crippen molar-refractivity contribution in [3.8, 4) is 17.3 Å². The molecule has 90 valence electrons. The molecule has 6 nitrogen and oxygen atoms in total. The molecule has 3 aromatic heterocycles. The van der Waals surface area contributed by atoms with Gasteiger partial charge in [0.25, 0.3) is 0 Å². The first-order valence-corrected chi connectivity index (χ1v) is 5.97. The summed E-state index contributed by atoms with van der Waals surface area (Å²) < 4.78 is 5.00. The second kappa shape index (κ2) is 4.19. The van der Waals surface area contributed by atoms with Gasteiger partial charge in [-0.1, -0.05) is 11.3 Å². The third-order valence-electron chi connectivity index (χ3n) is 2.37. The van der Waals surface area contributed by atoms with Crippen LogP contribution in [0.25, 0.3) is 21.7 Å².